The smallest absolute Gasteiger partial charge is 0.410 e. The lowest BCUT2D eigenvalue weighted by atomic mass is 9.85. The zero-order chi connectivity index (χ0) is 20.5. The molecule has 2 heterocycles. The summed E-state index contributed by atoms with van der Waals surface area (Å²) in [5.74, 6) is -0.0142. The number of piperidine rings is 1. The van der Waals surface area contributed by atoms with Gasteiger partial charge in [0.25, 0.3) is 0 Å². The Morgan fingerprint density at radius 3 is 2.50 bits per heavy atom. The highest BCUT2D eigenvalue weighted by Crippen LogP contribution is 2.41. The zero-order valence-corrected chi connectivity index (χ0v) is 16.6. The maximum Gasteiger partial charge on any atom is 0.410 e. The third-order valence-corrected chi connectivity index (χ3v) is 4.80. The summed E-state index contributed by atoms with van der Waals surface area (Å²) < 4.78 is 16.0. The minimum atomic E-state index is -0.939. The molecule has 0 aromatic heterocycles. The maximum atomic E-state index is 13.1. The van der Waals surface area contributed by atoms with E-state index in [1.807, 2.05) is 20.8 Å². The second kappa shape index (κ2) is 7.30. The van der Waals surface area contributed by atoms with Crippen LogP contribution in [0.3, 0.4) is 0 Å². The van der Waals surface area contributed by atoms with Gasteiger partial charge in [-0.05, 0) is 44.5 Å². The molecule has 1 spiro atoms. The Morgan fingerprint density at radius 2 is 1.89 bits per heavy atom. The summed E-state index contributed by atoms with van der Waals surface area (Å²) in [4.78, 5) is 38.2. The van der Waals surface area contributed by atoms with Crippen LogP contribution in [0.25, 0.3) is 6.08 Å². The van der Waals surface area contributed by atoms with E-state index in [-0.39, 0.29) is 11.9 Å². The molecule has 150 valence electrons. The number of carbonyl (C=O) groups excluding carboxylic acids is 3. The Bertz CT molecular complexity index is 828. The second-order valence-corrected chi connectivity index (χ2v) is 8.00. The van der Waals surface area contributed by atoms with Crippen molar-refractivity contribution in [1.82, 2.24) is 4.90 Å². The van der Waals surface area contributed by atoms with E-state index in [4.69, 9.17) is 9.47 Å². The summed E-state index contributed by atoms with van der Waals surface area (Å²) in [7, 11) is 1.31. The molecule has 0 N–H and O–H groups in total. The number of benzene rings is 1. The first kappa shape index (κ1) is 19.9. The first-order valence-corrected chi connectivity index (χ1v) is 9.25. The van der Waals surface area contributed by atoms with E-state index < -0.39 is 17.2 Å². The van der Waals surface area contributed by atoms with E-state index in [0.717, 1.165) is 0 Å². The number of ether oxygens (including phenoxy) is 3. The van der Waals surface area contributed by atoms with Crippen molar-refractivity contribution < 1.29 is 28.6 Å². The van der Waals surface area contributed by atoms with Crippen LogP contribution in [-0.2, 0) is 14.3 Å². The van der Waals surface area contributed by atoms with Gasteiger partial charge in [-0.25, -0.2) is 9.59 Å². The molecule has 7 heteroatoms. The largest absolute Gasteiger partial charge is 0.478 e. The van der Waals surface area contributed by atoms with Gasteiger partial charge in [-0.3, -0.25) is 4.79 Å². The highest BCUT2D eigenvalue weighted by Gasteiger charge is 2.50. The van der Waals surface area contributed by atoms with E-state index in [1.54, 1.807) is 29.2 Å². The molecule has 1 aromatic rings. The fraction of sp³-hybridized carbons (Fsp3) is 0.476. The Hall–Kier alpha value is -2.83. The van der Waals surface area contributed by atoms with Crippen LogP contribution in [-0.4, -0.2) is 54.1 Å². The van der Waals surface area contributed by atoms with Gasteiger partial charge in [0.15, 0.2) is 5.60 Å². The minimum Gasteiger partial charge on any atom is -0.478 e. The van der Waals surface area contributed by atoms with Crippen LogP contribution in [0.1, 0.15) is 49.5 Å². The first-order chi connectivity index (χ1) is 13.1. The summed E-state index contributed by atoms with van der Waals surface area (Å²) in [6.45, 7) is 6.25. The molecule has 7 nitrogen and oxygen atoms in total. The number of ketones is 1. The van der Waals surface area contributed by atoms with Gasteiger partial charge in [-0.15, -0.1) is 0 Å². The summed E-state index contributed by atoms with van der Waals surface area (Å²) in [6, 6.07) is 5.23. The topological polar surface area (TPSA) is 82.1 Å². The minimum absolute atomic E-state index is 0.0837. The van der Waals surface area contributed by atoms with Gasteiger partial charge in [-0.2, -0.15) is 0 Å². The molecule has 0 aliphatic carbocycles. The molecule has 1 aromatic carbocycles. The average molecular weight is 387 g/mol. The molecule has 1 fully saturated rings. The number of carbonyl (C=O) groups is 3. The molecule has 2 aliphatic rings. The third kappa shape index (κ3) is 4.03. The molecule has 0 saturated carbocycles. The number of Topliss-reactive ketones (excluding diaryl/α,β-unsaturated/α-hetero) is 1. The van der Waals surface area contributed by atoms with Crippen molar-refractivity contribution in [3.63, 3.8) is 0 Å². The van der Waals surface area contributed by atoms with Crippen molar-refractivity contribution in [1.29, 1.82) is 0 Å². The molecule has 0 bridgehead atoms. The van der Waals surface area contributed by atoms with E-state index in [2.05, 4.69) is 4.74 Å². The number of esters is 1. The van der Waals surface area contributed by atoms with E-state index in [1.165, 1.54) is 13.2 Å². The molecule has 1 amide bonds. The summed E-state index contributed by atoms with van der Waals surface area (Å²) in [5, 5.41) is 0. The molecule has 1 saturated heterocycles. The van der Waals surface area contributed by atoms with Crippen molar-refractivity contribution >= 4 is 23.9 Å². The number of methoxy groups -OCH3 is 1. The Kier molecular flexibility index (Phi) is 5.19. The number of nitrogens with zero attached hydrogens (tertiary/aromatic N) is 1. The van der Waals surface area contributed by atoms with Gasteiger partial charge >= 0.3 is 12.1 Å². The van der Waals surface area contributed by atoms with Crippen LogP contribution in [0.5, 0.6) is 5.75 Å². The quantitative estimate of drug-likeness (QED) is 0.572. The standard InChI is InChI=1S/C21H25NO6/c1-20(2,3)28-19(25)22-11-9-21(10-12-22)18(24)15-13-14(5-7-16(15)27-21)6-8-17(23)26-4/h5-8,13H,9-12H2,1-4H3. The number of fused-ring (bicyclic) bond motifs is 1. The molecule has 3 rings (SSSR count). The highest BCUT2D eigenvalue weighted by molar-refractivity contribution is 6.08. The lowest BCUT2D eigenvalue weighted by molar-refractivity contribution is -0.134. The lowest BCUT2D eigenvalue weighted by Crippen LogP contribution is -2.52. The number of rotatable bonds is 2. The number of hydrogen-bond donors (Lipinski definition) is 0. The fourth-order valence-corrected chi connectivity index (χ4v) is 3.36. The SMILES string of the molecule is COC(=O)C=Cc1ccc2c(c1)C(=O)C1(CCN(C(=O)OC(C)(C)C)CC1)O2. The van der Waals surface area contributed by atoms with Crippen molar-refractivity contribution in [3.8, 4) is 5.75 Å². The van der Waals surface area contributed by atoms with E-state index in [9.17, 15) is 14.4 Å². The van der Waals surface area contributed by atoms with Gasteiger partial charge < -0.3 is 19.1 Å². The predicted octanol–water partition coefficient (Wildman–Crippen LogP) is 3.22. The zero-order valence-electron chi connectivity index (χ0n) is 16.6. The van der Waals surface area contributed by atoms with Crippen LogP contribution in [0.2, 0.25) is 0 Å². The number of amides is 1. The third-order valence-electron chi connectivity index (χ3n) is 4.80. The fourth-order valence-electron chi connectivity index (χ4n) is 3.36. The predicted molar refractivity (Wildman–Crippen MR) is 102 cm³/mol. The van der Waals surface area contributed by atoms with Crippen LogP contribution in [0.15, 0.2) is 24.3 Å². The van der Waals surface area contributed by atoms with Crippen LogP contribution in [0.4, 0.5) is 4.79 Å². The second-order valence-electron chi connectivity index (χ2n) is 8.00. The normalized spacial score (nSPS) is 18.1. The highest BCUT2D eigenvalue weighted by atomic mass is 16.6. The van der Waals surface area contributed by atoms with Crippen LogP contribution in [0, 0.1) is 0 Å². The van der Waals surface area contributed by atoms with Gasteiger partial charge in [0, 0.05) is 32.0 Å². The lowest BCUT2D eigenvalue weighted by Gasteiger charge is -2.37. The summed E-state index contributed by atoms with van der Waals surface area (Å²) in [6.07, 6.45) is 3.34. The van der Waals surface area contributed by atoms with Crippen molar-refractivity contribution in [3.05, 3.63) is 35.4 Å². The number of likely N-dealkylation sites (tertiary alicyclic amines) is 1. The molecular weight excluding hydrogens is 362 g/mol. The average Bonchev–Trinajstić information content (AvgIpc) is 2.90. The van der Waals surface area contributed by atoms with Crippen LogP contribution >= 0.6 is 0 Å². The van der Waals surface area contributed by atoms with Crippen molar-refractivity contribution in [2.75, 3.05) is 20.2 Å². The monoisotopic (exact) mass is 387 g/mol. The van der Waals surface area contributed by atoms with Crippen LogP contribution < -0.4 is 4.74 Å². The molecule has 2 aliphatic heterocycles. The molecular formula is C21H25NO6. The Balaban J connectivity index is 1.70. The Morgan fingerprint density at radius 1 is 1.21 bits per heavy atom. The first-order valence-electron chi connectivity index (χ1n) is 9.25. The number of hydrogen-bond acceptors (Lipinski definition) is 6. The molecule has 0 radical (unpaired) electrons. The summed E-state index contributed by atoms with van der Waals surface area (Å²) >= 11 is 0. The van der Waals surface area contributed by atoms with Gasteiger partial charge in [-0.1, -0.05) is 6.07 Å². The summed E-state index contributed by atoms with van der Waals surface area (Å²) in [5.41, 5.74) is -0.288. The van der Waals surface area contributed by atoms with E-state index in [0.29, 0.717) is 42.8 Å². The van der Waals surface area contributed by atoms with E-state index >= 15 is 0 Å². The molecule has 28 heavy (non-hydrogen) atoms. The maximum absolute atomic E-state index is 13.1. The molecule has 0 unspecified atom stereocenters. The molecule has 0 atom stereocenters. The van der Waals surface area contributed by atoms with Gasteiger partial charge in [0.2, 0.25) is 5.78 Å². The van der Waals surface area contributed by atoms with Gasteiger partial charge in [0.1, 0.15) is 11.4 Å². The Labute approximate surface area is 164 Å². The van der Waals surface area contributed by atoms with Crippen molar-refractivity contribution in [2.45, 2.75) is 44.8 Å². The van der Waals surface area contributed by atoms with Gasteiger partial charge in [0.05, 0.1) is 12.7 Å². The van der Waals surface area contributed by atoms with Crippen molar-refractivity contribution in [2.24, 2.45) is 0 Å².